The van der Waals surface area contributed by atoms with E-state index in [1.807, 2.05) is 26.0 Å². The first kappa shape index (κ1) is 19.6. The van der Waals surface area contributed by atoms with Crippen molar-refractivity contribution in [2.45, 2.75) is 18.7 Å². The van der Waals surface area contributed by atoms with Gasteiger partial charge in [0.25, 0.3) is 15.9 Å². The molecule has 1 amide bonds. The molecule has 3 aromatic carbocycles. The predicted molar refractivity (Wildman–Crippen MR) is 108 cm³/mol. The molecule has 0 radical (unpaired) electrons. The largest absolute Gasteiger partial charge is 0.322 e. The Kier molecular flexibility index (Phi) is 5.46. The van der Waals surface area contributed by atoms with E-state index in [0.717, 1.165) is 17.2 Å². The minimum atomic E-state index is -3.87. The van der Waals surface area contributed by atoms with Crippen molar-refractivity contribution in [3.8, 4) is 0 Å². The SMILES string of the molecule is Cc1cccc(C(=O)Nc2ccc(S(=O)(=O)Nc3cccc(F)c3)cc2)c1C. The number of sulfonamides is 1. The molecule has 0 spiro atoms. The highest BCUT2D eigenvalue weighted by Crippen LogP contribution is 2.20. The summed E-state index contributed by atoms with van der Waals surface area (Å²) in [5.74, 6) is -0.806. The normalized spacial score (nSPS) is 11.1. The zero-order valence-electron chi connectivity index (χ0n) is 15.4. The van der Waals surface area contributed by atoms with Crippen molar-refractivity contribution in [1.29, 1.82) is 0 Å². The Morgan fingerprint density at radius 1 is 0.893 bits per heavy atom. The Bertz CT molecular complexity index is 1130. The zero-order chi connectivity index (χ0) is 20.3. The molecule has 5 nitrogen and oxygen atoms in total. The molecule has 0 saturated heterocycles. The van der Waals surface area contributed by atoms with Crippen molar-refractivity contribution in [3.63, 3.8) is 0 Å². The second kappa shape index (κ2) is 7.82. The smallest absolute Gasteiger partial charge is 0.261 e. The molecule has 0 heterocycles. The van der Waals surface area contributed by atoms with E-state index >= 15 is 0 Å². The van der Waals surface area contributed by atoms with Crippen molar-refractivity contribution < 1.29 is 17.6 Å². The lowest BCUT2D eigenvalue weighted by molar-refractivity contribution is 0.102. The second-order valence-electron chi connectivity index (χ2n) is 6.34. The summed E-state index contributed by atoms with van der Waals surface area (Å²) in [4.78, 5) is 12.5. The van der Waals surface area contributed by atoms with E-state index in [-0.39, 0.29) is 16.5 Å². The Hall–Kier alpha value is -3.19. The number of anilines is 2. The van der Waals surface area contributed by atoms with Gasteiger partial charge in [0.05, 0.1) is 10.6 Å². The number of halogens is 1. The second-order valence-corrected chi connectivity index (χ2v) is 8.02. The minimum absolute atomic E-state index is 0.00139. The minimum Gasteiger partial charge on any atom is -0.322 e. The van der Waals surface area contributed by atoms with E-state index in [0.29, 0.717) is 11.3 Å². The van der Waals surface area contributed by atoms with Crippen molar-refractivity contribution >= 4 is 27.3 Å². The third-order valence-corrected chi connectivity index (χ3v) is 5.75. The van der Waals surface area contributed by atoms with Gasteiger partial charge in [-0.15, -0.1) is 0 Å². The Labute approximate surface area is 163 Å². The van der Waals surface area contributed by atoms with Gasteiger partial charge in [-0.05, 0) is 73.5 Å². The summed E-state index contributed by atoms with van der Waals surface area (Å²) in [6.45, 7) is 3.80. The van der Waals surface area contributed by atoms with Crippen molar-refractivity contribution in [3.05, 3.63) is 89.2 Å². The highest BCUT2D eigenvalue weighted by Gasteiger charge is 2.15. The number of hydrogen-bond donors (Lipinski definition) is 2. The molecule has 0 bridgehead atoms. The van der Waals surface area contributed by atoms with E-state index in [9.17, 15) is 17.6 Å². The third-order valence-electron chi connectivity index (χ3n) is 4.35. The summed E-state index contributed by atoms with van der Waals surface area (Å²) in [6.07, 6.45) is 0. The summed E-state index contributed by atoms with van der Waals surface area (Å²) in [7, 11) is -3.87. The van der Waals surface area contributed by atoms with Crippen molar-refractivity contribution in [2.24, 2.45) is 0 Å². The van der Waals surface area contributed by atoms with E-state index in [2.05, 4.69) is 10.0 Å². The third kappa shape index (κ3) is 4.37. The van der Waals surface area contributed by atoms with Crippen LogP contribution in [0, 0.1) is 19.7 Å². The summed E-state index contributed by atoms with van der Waals surface area (Å²) in [6, 6.07) is 16.4. The molecular formula is C21H19FN2O3S. The van der Waals surface area contributed by atoms with Gasteiger partial charge in [0.15, 0.2) is 0 Å². The van der Waals surface area contributed by atoms with Crippen LogP contribution in [0.2, 0.25) is 0 Å². The monoisotopic (exact) mass is 398 g/mol. The molecule has 7 heteroatoms. The van der Waals surface area contributed by atoms with Gasteiger partial charge in [-0.25, -0.2) is 12.8 Å². The number of rotatable bonds is 5. The van der Waals surface area contributed by atoms with E-state index < -0.39 is 15.8 Å². The number of benzene rings is 3. The maximum Gasteiger partial charge on any atom is 0.261 e. The standard InChI is InChI=1S/C21H19FN2O3S/c1-14-5-3-8-20(15(14)2)21(25)23-17-9-11-19(12-10-17)28(26,27)24-18-7-4-6-16(22)13-18/h3-13,24H,1-2H3,(H,23,25). The van der Waals surface area contributed by atoms with Gasteiger partial charge in [0.1, 0.15) is 5.82 Å². The molecule has 2 N–H and O–H groups in total. The van der Waals surface area contributed by atoms with Crippen LogP contribution in [0.25, 0.3) is 0 Å². The van der Waals surface area contributed by atoms with Crippen LogP contribution in [0.4, 0.5) is 15.8 Å². The van der Waals surface area contributed by atoms with Gasteiger partial charge in [-0.3, -0.25) is 9.52 Å². The first-order valence-corrected chi connectivity index (χ1v) is 10.0. The van der Waals surface area contributed by atoms with E-state index in [4.69, 9.17) is 0 Å². The highest BCUT2D eigenvalue weighted by molar-refractivity contribution is 7.92. The molecule has 28 heavy (non-hydrogen) atoms. The molecule has 0 saturated carbocycles. The van der Waals surface area contributed by atoms with Gasteiger partial charge in [0.2, 0.25) is 0 Å². The quantitative estimate of drug-likeness (QED) is 0.665. The first-order valence-electron chi connectivity index (χ1n) is 8.52. The van der Waals surface area contributed by atoms with Crippen molar-refractivity contribution in [1.82, 2.24) is 0 Å². The summed E-state index contributed by atoms with van der Waals surface area (Å²) in [5.41, 5.74) is 3.06. The number of hydrogen-bond acceptors (Lipinski definition) is 3. The van der Waals surface area contributed by atoms with Gasteiger partial charge in [-0.1, -0.05) is 18.2 Å². The van der Waals surface area contributed by atoms with Gasteiger partial charge in [-0.2, -0.15) is 0 Å². The number of nitrogens with one attached hydrogen (secondary N) is 2. The van der Waals surface area contributed by atoms with Crippen LogP contribution in [0.3, 0.4) is 0 Å². The lowest BCUT2D eigenvalue weighted by Gasteiger charge is -2.11. The van der Waals surface area contributed by atoms with Crippen LogP contribution >= 0.6 is 0 Å². The molecule has 0 aromatic heterocycles. The first-order chi connectivity index (χ1) is 13.3. The van der Waals surface area contributed by atoms with E-state index in [1.165, 1.54) is 42.5 Å². The topological polar surface area (TPSA) is 75.3 Å². The number of carbonyl (C=O) groups is 1. The molecule has 0 aliphatic rings. The zero-order valence-corrected chi connectivity index (χ0v) is 16.2. The summed E-state index contributed by atoms with van der Waals surface area (Å²) in [5, 5.41) is 2.76. The fourth-order valence-corrected chi connectivity index (χ4v) is 3.73. The number of carbonyl (C=O) groups excluding carboxylic acids is 1. The summed E-state index contributed by atoms with van der Waals surface area (Å²) < 4.78 is 40.4. The molecular weight excluding hydrogens is 379 g/mol. The average Bonchev–Trinajstić information content (AvgIpc) is 2.64. The maximum absolute atomic E-state index is 13.2. The molecule has 0 fully saturated rings. The highest BCUT2D eigenvalue weighted by atomic mass is 32.2. The Balaban J connectivity index is 1.75. The molecule has 0 unspecified atom stereocenters. The van der Waals surface area contributed by atoms with Gasteiger partial charge in [0, 0.05) is 11.3 Å². The van der Waals surface area contributed by atoms with E-state index in [1.54, 1.807) is 6.07 Å². The molecule has 3 aromatic rings. The Morgan fingerprint density at radius 2 is 1.57 bits per heavy atom. The predicted octanol–water partition coefficient (Wildman–Crippen LogP) is 4.50. The molecule has 0 aliphatic heterocycles. The number of amides is 1. The molecule has 0 aliphatic carbocycles. The van der Waals surface area contributed by atoms with Crippen LogP contribution < -0.4 is 10.0 Å². The van der Waals surface area contributed by atoms with Crippen LogP contribution in [0.15, 0.2) is 71.6 Å². The van der Waals surface area contributed by atoms with Crippen LogP contribution in [0.5, 0.6) is 0 Å². The van der Waals surface area contributed by atoms with Crippen LogP contribution in [-0.2, 0) is 10.0 Å². The summed E-state index contributed by atoms with van der Waals surface area (Å²) >= 11 is 0. The Morgan fingerprint density at radius 3 is 2.25 bits per heavy atom. The molecule has 3 rings (SSSR count). The molecule has 144 valence electrons. The fourth-order valence-electron chi connectivity index (χ4n) is 2.68. The van der Waals surface area contributed by atoms with Gasteiger partial charge >= 0.3 is 0 Å². The number of aryl methyl sites for hydroxylation is 1. The van der Waals surface area contributed by atoms with Crippen molar-refractivity contribution in [2.75, 3.05) is 10.0 Å². The maximum atomic E-state index is 13.2. The lowest BCUT2D eigenvalue weighted by atomic mass is 10.0. The fraction of sp³-hybridized carbons (Fsp3) is 0.0952. The van der Waals surface area contributed by atoms with Crippen LogP contribution in [0.1, 0.15) is 21.5 Å². The van der Waals surface area contributed by atoms with Gasteiger partial charge < -0.3 is 5.32 Å². The molecule has 0 atom stereocenters. The lowest BCUT2D eigenvalue weighted by Crippen LogP contribution is -2.15. The average molecular weight is 398 g/mol. The van der Waals surface area contributed by atoms with Crippen LogP contribution in [-0.4, -0.2) is 14.3 Å².